The molecule has 0 radical (unpaired) electrons. The van der Waals surface area contributed by atoms with Crippen LogP contribution in [0.3, 0.4) is 0 Å². The van der Waals surface area contributed by atoms with Gasteiger partial charge < -0.3 is 19.8 Å². The number of rotatable bonds is 8. The summed E-state index contributed by atoms with van der Waals surface area (Å²) in [5.74, 6) is 2.29. The summed E-state index contributed by atoms with van der Waals surface area (Å²) < 4.78 is 12.8. The van der Waals surface area contributed by atoms with E-state index in [4.69, 9.17) is 14.1 Å². The van der Waals surface area contributed by atoms with Crippen molar-refractivity contribution in [2.45, 2.75) is 19.4 Å². The van der Waals surface area contributed by atoms with Gasteiger partial charge in [-0.15, -0.1) is 0 Å². The van der Waals surface area contributed by atoms with Crippen LogP contribution in [0.15, 0.2) is 64.3 Å². The van der Waals surface area contributed by atoms with Gasteiger partial charge in [-0.25, -0.2) is 4.99 Å². The number of aromatic nitrogens is 2. The number of benzene rings is 1. The van der Waals surface area contributed by atoms with Crippen molar-refractivity contribution in [1.82, 2.24) is 20.4 Å². The van der Waals surface area contributed by atoms with Crippen LogP contribution in [-0.4, -0.2) is 42.0 Å². The molecule has 1 aliphatic heterocycles. The first-order valence-corrected chi connectivity index (χ1v) is 10.5. The summed E-state index contributed by atoms with van der Waals surface area (Å²) >= 11 is 0. The minimum Gasteiger partial charge on any atom is -0.469 e. The van der Waals surface area contributed by atoms with Gasteiger partial charge in [0.15, 0.2) is 5.96 Å². The van der Waals surface area contributed by atoms with E-state index in [0.717, 1.165) is 67.7 Å². The van der Waals surface area contributed by atoms with Crippen molar-refractivity contribution in [3.63, 3.8) is 0 Å². The lowest BCUT2D eigenvalue weighted by Crippen LogP contribution is -2.40. The number of nitrogens with zero attached hydrogens (tertiary/aromatic N) is 3. The van der Waals surface area contributed by atoms with Crippen molar-refractivity contribution in [1.29, 1.82) is 0 Å². The van der Waals surface area contributed by atoms with Crippen LogP contribution in [0.2, 0.25) is 0 Å². The number of hydrogen-bond acceptors (Lipinski definition) is 4. The van der Waals surface area contributed by atoms with Crippen molar-refractivity contribution in [2.24, 2.45) is 18.0 Å². The van der Waals surface area contributed by atoms with E-state index in [1.165, 1.54) is 0 Å². The van der Waals surface area contributed by atoms with Crippen molar-refractivity contribution < 1.29 is 9.15 Å². The molecule has 0 bridgehead atoms. The third-order valence-electron chi connectivity index (χ3n) is 5.19. The topological polar surface area (TPSA) is 76.6 Å². The first-order valence-electron chi connectivity index (χ1n) is 10.5. The van der Waals surface area contributed by atoms with Gasteiger partial charge in [-0.05, 0) is 18.6 Å². The molecule has 2 N–H and O–H groups in total. The zero-order valence-electron chi connectivity index (χ0n) is 17.4. The highest BCUT2D eigenvalue weighted by Gasteiger charge is 2.16. The molecule has 0 aliphatic carbocycles. The monoisotopic (exact) mass is 407 g/mol. The summed E-state index contributed by atoms with van der Waals surface area (Å²) in [6.45, 7) is 3.81. The molecule has 30 heavy (non-hydrogen) atoms. The predicted octanol–water partition coefficient (Wildman–Crippen LogP) is 2.99. The lowest BCUT2D eigenvalue weighted by atomic mass is 10.1. The Hall–Kier alpha value is -3.06. The highest BCUT2D eigenvalue weighted by molar-refractivity contribution is 5.80. The molecule has 1 atom stereocenters. The second kappa shape index (κ2) is 10.1. The van der Waals surface area contributed by atoms with Gasteiger partial charge >= 0.3 is 0 Å². The summed E-state index contributed by atoms with van der Waals surface area (Å²) in [4.78, 5) is 4.84. The molecule has 3 aromatic rings. The van der Waals surface area contributed by atoms with E-state index in [1.54, 1.807) is 6.26 Å². The van der Waals surface area contributed by atoms with Gasteiger partial charge in [-0.3, -0.25) is 4.68 Å². The largest absolute Gasteiger partial charge is 0.469 e. The van der Waals surface area contributed by atoms with Crippen molar-refractivity contribution in [3.8, 4) is 11.3 Å². The third-order valence-corrected chi connectivity index (χ3v) is 5.19. The Kier molecular flexibility index (Phi) is 6.82. The summed E-state index contributed by atoms with van der Waals surface area (Å²) in [5.41, 5.74) is 3.17. The maximum Gasteiger partial charge on any atom is 0.191 e. The number of aliphatic imine (C=N–C) groups is 1. The third kappa shape index (κ3) is 5.51. The molecular formula is C23H29N5O2. The maximum atomic E-state index is 5.49. The fourth-order valence-electron chi connectivity index (χ4n) is 3.58. The molecule has 1 unspecified atom stereocenters. The van der Waals surface area contributed by atoms with Crippen molar-refractivity contribution >= 4 is 5.96 Å². The smallest absolute Gasteiger partial charge is 0.191 e. The molecule has 7 heteroatoms. The first-order chi connectivity index (χ1) is 14.8. The highest BCUT2D eigenvalue weighted by Crippen LogP contribution is 2.22. The average Bonchev–Trinajstić information content (AvgIpc) is 3.53. The van der Waals surface area contributed by atoms with E-state index in [2.05, 4.69) is 27.9 Å². The molecule has 1 fully saturated rings. The summed E-state index contributed by atoms with van der Waals surface area (Å²) in [6.07, 6.45) is 5.64. The Balaban J connectivity index is 1.43. The molecule has 1 aromatic carbocycles. The van der Waals surface area contributed by atoms with E-state index in [0.29, 0.717) is 12.5 Å². The number of ether oxygens (including phenoxy) is 1. The normalized spacial score (nSPS) is 16.7. The van der Waals surface area contributed by atoms with Crippen LogP contribution in [-0.2, 0) is 24.8 Å². The lowest BCUT2D eigenvalue weighted by Gasteiger charge is -2.15. The molecule has 1 aliphatic rings. The van der Waals surface area contributed by atoms with Crippen LogP contribution >= 0.6 is 0 Å². The minimum absolute atomic E-state index is 0.528. The first kappa shape index (κ1) is 20.2. The van der Waals surface area contributed by atoms with Gasteiger partial charge in [0.1, 0.15) is 5.76 Å². The zero-order chi connectivity index (χ0) is 20.6. The summed E-state index contributed by atoms with van der Waals surface area (Å²) in [5, 5.41) is 11.5. The second-order valence-corrected chi connectivity index (χ2v) is 7.57. The van der Waals surface area contributed by atoms with Gasteiger partial charge in [0, 0.05) is 56.4 Å². The van der Waals surface area contributed by atoms with E-state index in [9.17, 15) is 0 Å². The Bertz CT molecular complexity index is 928. The van der Waals surface area contributed by atoms with E-state index in [1.807, 2.05) is 48.3 Å². The van der Waals surface area contributed by atoms with Crippen molar-refractivity contribution in [3.05, 3.63) is 66.2 Å². The Morgan fingerprint density at radius 1 is 1.20 bits per heavy atom. The van der Waals surface area contributed by atoms with Crippen LogP contribution in [0.1, 0.15) is 17.7 Å². The van der Waals surface area contributed by atoms with Gasteiger partial charge in [0.25, 0.3) is 0 Å². The van der Waals surface area contributed by atoms with Crippen LogP contribution in [0.5, 0.6) is 0 Å². The Morgan fingerprint density at radius 2 is 2.10 bits per heavy atom. The number of hydrogen-bond donors (Lipinski definition) is 2. The summed E-state index contributed by atoms with van der Waals surface area (Å²) in [7, 11) is 1.94. The van der Waals surface area contributed by atoms with Crippen LogP contribution < -0.4 is 10.6 Å². The van der Waals surface area contributed by atoms with Crippen LogP contribution in [0, 0.1) is 5.92 Å². The number of aryl methyl sites for hydroxylation is 1. The standard InChI is InChI=1S/C23H29N5O2/c1-28-16-20(22(27-28)19-6-3-2-4-7-19)15-26-23(25-14-18-10-13-29-17-18)24-11-9-21-8-5-12-30-21/h2-8,12,16,18H,9-11,13-15,17H2,1H3,(H2,24,25,26). The Labute approximate surface area is 177 Å². The molecule has 7 nitrogen and oxygen atoms in total. The molecule has 3 heterocycles. The minimum atomic E-state index is 0.528. The molecule has 1 saturated heterocycles. The quantitative estimate of drug-likeness (QED) is 0.443. The molecule has 0 amide bonds. The fraction of sp³-hybridized carbons (Fsp3) is 0.391. The SMILES string of the molecule is Cn1cc(CN=C(NCCc2ccco2)NCC2CCOC2)c(-c2ccccc2)n1. The summed E-state index contributed by atoms with van der Waals surface area (Å²) in [6, 6.07) is 14.1. The van der Waals surface area contributed by atoms with Gasteiger partial charge in [-0.2, -0.15) is 5.10 Å². The van der Waals surface area contributed by atoms with Crippen LogP contribution in [0.4, 0.5) is 0 Å². The van der Waals surface area contributed by atoms with E-state index in [-0.39, 0.29) is 0 Å². The highest BCUT2D eigenvalue weighted by atomic mass is 16.5. The average molecular weight is 408 g/mol. The van der Waals surface area contributed by atoms with E-state index >= 15 is 0 Å². The van der Waals surface area contributed by atoms with Crippen molar-refractivity contribution in [2.75, 3.05) is 26.3 Å². The molecule has 4 rings (SSSR count). The fourth-order valence-corrected chi connectivity index (χ4v) is 3.58. The molecule has 0 saturated carbocycles. The number of nitrogens with one attached hydrogen (secondary N) is 2. The zero-order valence-corrected chi connectivity index (χ0v) is 17.4. The predicted molar refractivity (Wildman–Crippen MR) is 117 cm³/mol. The Morgan fingerprint density at radius 3 is 2.87 bits per heavy atom. The molecule has 2 aromatic heterocycles. The lowest BCUT2D eigenvalue weighted by molar-refractivity contribution is 0.186. The van der Waals surface area contributed by atoms with Crippen LogP contribution in [0.25, 0.3) is 11.3 Å². The van der Waals surface area contributed by atoms with Gasteiger partial charge in [-0.1, -0.05) is 30.3 Å². The number of furan rings is 1. The van der Waals surface area contributed by atoms with E-state index < -0.39 is 0 Å². The second-order valence-electron chi connectivity index (χ2n) is 7.57. The van der Waals surface area contributed by atoms with Gasteiger partial charge in [0.2, 0.25) is 0 Å². The molecule has 0 spiro atoms. The van der Waals surface area contributed by atoms with Gasteiger partial charge in [0.05, 0.1) is 25.1 Å². The molecule has 158 valence electrons. The molecular weight excluding hydrogens is 378 g/mol. The maximum absolute atomic E-state index is 5.49. The number of guanidine groups is 1.